The van der Waals surface area contributed by atoms with E-state index in [4.69, 9.17) is 0 Å². The molecular formula is C15H19N3O2. The molecule has 5 heteroatoms. The molecule has 1 heterocycles. The van der Waals surface area contributed by atoms with Crippen molar-refractivity contribution >= 4 is 22.7 Å². The SMILES string of the molecule is CC(C)CNC(=O)CNC(=O)c1cccc2[nH]ccc12. The summed E-state index contributed by atoms with van der Waals surface area (Å²) >= 11 is 0. The molecule has 2 aromatic rings. The van der Waals surface area contributed by atoms with E-state index in [2.05, 4.69) is 15.6 Å². The summed E-state index contributed by atoms with van der Waals surface area (Å²) < 4.78 is 0. The van der Waals surface area contributed by atoms with Crippen LogP contribution in [0.3, 0.4) is 0 Å². The molecule has 3 N–H and O–H groups in total. The summed E-state index contributed by atoms with van der Waals surface area (Å²) in [6, 6.07) is 7.31. The Morgan fingerprint density at radius 2 is 2.00 bits per heavy atom. The van der Waals surface area contributed by atoms with Crippen molar-refractivity contribution in [3.8, 4) is 0 Å². The summed E-state index contributed by atoms with van der Waals surface area (Å²) in [5, 5.41) is 6.26. The fraction of sp³-hybridized carbons (Fsp3) is 0.333. The van der Waals surface area contributed by atoms with Gasteiger partial charge in [-0.1, -0.05) is 19.9 Å². The molecule has 106 valence electrons. The Morgan fingerprint density at radius 1 is 1.20 bits per heavy atom. The monoisotopic (exact) mass is 273 g/mol. The number of H-pyrrole nitrogens is 1. The highest BCUT2D eigenvalue weighted by Crippen LogP contribution is 2.16. The van der Waals surface area contributed by atoms with Crippen molar-refractivity contribution in [2.75, 3.05) is 13.1 Å². The predicted molar refractivity (Wildman–Crippen MR) is 78.5 cm³/mol. The van der Waals surface area contributed by atoms with Gasteiger partial charge in [-0.3, -0.25) is 9.59 Å². The van der Waals surface area contributed by atoms with E-state index in [0.29, 0.717) is 18.0 Å². The smallest absolute Gasteiger partial charge is 0.252 e. The van der Waals surface area contributed by atoms with Crippen molar-refractivity contribution in [2.45, 2.75) is 13.8 Å². The van der Waals surface area contributed by atoms with Gasteiger partial charge in [0.1, 0.15) is 0 Å². The highest BCUT2D eigenvalue weighted by molar-refractivity contribution is 6.07. The number of carbonyl (C=O) groups is 2. The van der Waals surface area contributed by atoms with Crippen LogP contribution in [-0.4, -0.2) is 29.9 Å². The second-order valence-electron chi connectivity index (χ2n) is 5.13. The van der Waals surface area contributed by atoms with Gasteiger partial charge in [-0.15, -0.1) is 0 Å². The summed E-state index contributed by atoms with van der Waals surface area (Å²) in [4.78, 5) is 26.7. The molecule has 0 aliphatic carbocycles. The van der Waals surface area contributed by atoms with Crippen molar-refractivity contribution in [2.24, 2.45) is 5.92 Å². The molecule has 0 fully saturated rings. The van der Waals surface area contributed by atoms with Crippen LogP contribution in [0.1, 0.15) is 24.2 Å². The topological polar surface area (TPSA) is 74.0 Å². The molecule has 0 bridgehead atoms. The summed E-state index contributed by atoms with van der Waals surface area (Å²) in [6.45, 7) is 4.64. The molecule has 0 saturated carbocycles. The number of amides is 2. The first-order valence-corrected chi connectivity index (χ1v) is 6.69. The lowest BCUT2D eigenvalue weighted by atomic mass is 10.1. The summed E-state index contributed by atoms with van der Waals surface area (Å²) in [7, 11) is 0. The molecule has 1 aromatic carbocycles. The number of aromatic amines is 1. The Labute approximate surface area is 117 Å². The van der Waals surface area contributed by atoms with Gasteiger partial charge in [0.05, 0.1) is 6.54 Å². The van der Waals surface area contributed by atoms with Crippen molar-refractivity contribution < 1.29 is 9.59 Å². The van der Waals surface area contributed by atoms with E-state index in [1.165, 1.54) is 0 Å². The van der Waals surface area contributed by atoms with Gasteiger partial charge >= 0.3 is 0 Å². The van der Waals surface area contributed by atoms with Gasteiger partial charge in [0.15, 0.2) is 0 Å². The third-order valence-corrected chi connectivity index (χ3v) is 2.96. The summed E-state index contributed by atoms with van der Waals surface area (Å²) in [5.41, 5.74) is 1.47. The number of rotatable bonds is 5. The first-order chi connectivity index (χ1) is 9.58. The van der Waals surface area contributed by atoms with Crippen LogP contribution in [0.2, 0.25) is 0 Å². The standard InChI is InChI=1S/C15H19N3O2/c1-10(2)8-17-14(19)9-18-15(20)12-4-3-5-13-11(12)6-7-16-13/h3-7,10,16H,8-9H2,1-2H3,(H,17,19)(H,18,20). The Morgan fingerprint density at radius 3 is 2.75 bits per heavy atom. The molecule has 0 aliphatic heterocycles. The molecule has 1 aromatic heterocycles. The highest BCUT2D eigenvalue weighted by atomic mass is 16.2. The molecule has 0 unspecified atom stereocenters. The first kappa shape index (κ1) is 14.1. The molecule has 0 atom stereocenters. The van der Waals surface area contributed by atoms with Gasteiger partial charge in [0.2, 0.25) is 5.91 Å². The number of carbonyl (C=O) groups excluding carboxylic acids is 2. The van der Waals surface area contributed by atoms with E-state index in [-0.39, 0.29) is 18.4 Å². The van der Waals surface area contributed by atoms with Crippen LogP contribution in [0.4, 0.5) is 0 Å². The van der Waals surface area contributed by atoms with Crippen LogP contribution in [-0.2, 0) is 4.79 Å². The average Bonchev–Trinajstić information content (AvgIpc) is 2.90. The van der Waals surface area contributed by atoms with Crippen molar-refractivity contribution in [3.63, 3.8) is 0 Å². The Balaban J connectivity index is 1.95. The van der Waals surface area contributed by atoms with E-state index in [1.54, 1.807) is 12.3 Å². The largest absolute Gasteiger partial charge is 0.361 e. The lowest BCUT2D eigenvalue weighted by Crippen LogP contribution is -2.38. The zero-order valence-corrected chi connectivity index (χ0v) is 11.7. The fourth-order valence-corrected chi connectivity index (χ4v) is 1.92. The number of hydrogen-bond donors (Lipinski definition) is 3. The van der Waals surface area contributed by atoms with E-state index in [1.807, 2.05) is 32.0 Å². The van der Waals surface area contributed by atoms with Gasteiger partial charge in [0.25, 0.3) is 5.91 Å². The van der Waals surface area contributed by atoms with Gasteiger partial charge in [-0.2, -0.15) is 0 Å². The quantitative estimate of drug-likeness (QED) is 0.775. The van der Waals surface area contributed by atoms with Crippen LogP contribution in [0.25, 0.3) is 10.9 Å². The fourth-order valence-electron chi connectivity index (χ4n) is 1.92. The van der Waals surface area contributed by atoms with Gasteiger partial charge in [-0.25, -0.2) is 0 Å². The molecule has 5 nitrogen and oxygen atoms in total. The second kappa shape index (κ2) is 6.23. The van der Waals surface area contributed by atoms with Crippen molar-refractivity contribution in [1.82, 2.24) is 15.6 Å². The van der Waals surface area contributed by atoms with Crippen molar-refractivity contribution in [3.05, 3.63) is 36.0 Å². The number of fused-ring (bicyclic) bond motifs is 1. The highest BCUT2D eigenvalue weighted by Gasteiger charge is 2.11. The van der Waals surface area contributed by atoms with Gasteiger partial charge < -0.3 is 15.6 Å². The third kappa shape index (κ3) is 3.38. The van der Waals surface area contributed by atoms with Crippen LogP contribution in [0, 0.1) is 5.92 Å². The maximum Gasteiger partial charge on any atom is 0.252 e. The zero-order chi connectivity index (χ0) is 14.5. The third-order valence-electron chi connectivity index (χ3n) is 2.96. The van der Waals surface area contributed by atoms with Crippen molar-refractivity contribution in [1.29, 1.82) is 0 Å². The number of aromatic nitrogens is 1. The van der Waals surface area contributed by atoms with E-state index >= 15 is 0 Å². The minimum atomic E-state index is -0.241. The number of hydrogen-bond acceptors (Lipinski definition) is 2. The Kier molecular flexibility index (Phi) is 4.40. The molecule has 0 saturated heterocycles. The molecule has 2 amide bonds. The van der Waals surface area contributed by atoms with Gasteiger partial charge in [-0.05, 0) is 24.1 Å². The zero-order valence-electron chi connectivity index (χ0n) is 11.7. The van der Waals surface area contributed by atoms with Crippen LogP contribution >= 0.6 is 0 Å². The lowest BCUT2D eigenvalue weighted by molar-refractivity contribution is -0.120. The average molecular weight is 273 g/mol. The number of benzene rings is 1. The molecular weight excluding hydrogens is 254 g/mol. The normalized spacial score (nSPS) is 10.8. The Bertz CT molecular complexity index is 616. The molecule has 0 spiro atoms. The maximum atomic E-state index is 12.1. The summed E-state index contributed by atoms with van der Waals surface area (Å²) in [6.07, 6.45) is 1.79. The minimum Gasteiger partial charge on any atom is -0.361 e. The van der Waals surface area contributed by atoms with Gasteiger partial charge in [0, 0.05) is 29.2 Å². The lowest BCUT2D eigenvalue weighted by Gasteiger charge is -2.09. The molecule has 0 radical (unpaired) electrons. The number of nitrogens with one attached hydrogen (secondary N) is 3. The summed E-state index contributed by atoms with van der Waals surface area (Å²) in [5.74, 6) is -0.0218. The molecule has 0 aliphatic rings. The van der Waals surface area contributed by atoms with E-state index < -0.39 is 0 Å². The van der Waals surface area contributed by atoms with Crippen LogP contribution in [0.5, 0.6) is 0 Å². The van der Waals surface area contributed by atoms with E-state index in [0.717, 1.165) is 10.9 Å². The molecule has 20 heavy (non-hydrogen) atoms. The second-order valence-corrected chi connectivity index (χ2v) is 5.13. The minimum absolute atomic E-state index is 0.00758. The Hall–Kier alpha value is -2.30. The predicted octanol–water partition coefficient (Wildman–Crippen LogP) is 1.67. The maximum absolute atomic E-state index is 12.1. The van der Waals surface area contributed by atoms with Crippen LogP contribution in [0.15, 0.2) is 30.5 Å². The first-order valence-electron chi connectivity index (χ1n) is 6.69. The molecule has 2 rings (SSSR count). The van der Waals surface area contributed by atoms with Crippen LogP contribution < -0.4 is 10.6 Å². The van der Waals surface area contributed by atoms with E-state index in [9.17, 15) is 9.59 Å².